The fourth-order valence-corrected chi connectivity index (χ4v) is 3.75. The number of carbonyl (C=O) groups excluding carboxylic acids is 1. The lowest BCUT2D eigenvalue weighted by atomic mass is 9.87. The second-order valence-corrected chi connectivity index (χ2v) is 9.07. The van der Waals surface area contributed by atoms with E-state index >= 15 is 0 Å². The molecule has 2 N–H and O–H groups in total. The van der Waals surface area contributed by atoms with E-state index < -0.39 is 27.8 Å². The number of anilines is 1. The molecule has 2 aromatic rings. The number of hydrogen-bond acceptors (Lipinski definition) is 3. The average molecular weight is 392 g/mol. The van der Waals surface area contributed by atoms with Crippen LogP contribution in [0.1, 0.15) is 39.7 Å². The third-order valence-electron chi connectivity index (χ3n) is 4.16. The highest BCUT2D eigenvalue weighted by atomic mass is 32.2. The van der Waals surface area contributed by atoms with Gasteiger partial charge in [0.2, 0.25) is 15.9 Å². The van der Waals surface area contributed by atoms with E-state index in [1.807, 2.05) is 12.1 Å². The van der Waals surface area contributed by atoms with E-state index in [-0.39, 0.29) is 16.7 Å². The number of halogens is 1. The minimum Gasteiger partial charge on any atom is -0.325 e. The van der Waals surface area contributed by atoms with Crippen LogP contribution in [0.3, 0.4) is 0 Å². The first kappa shape index (κ1) is 21.1. The second-order valence-electron chi connectivity index (χ2n) is 7.35. The number of sulfonamides is 1. The first-order valence-corrected chi connectivity index (χ1v) is 10.2. The lowest BCUT2D eigenvalue weighted by molar-refractivity contribution is -0.117. The number of hydrogen-bond donors (Lipinski definition) is 2. The molecule has 7 heteroatoms. The van der Waals surface area contributed by atoms with E-state index in [1.54, 1.807) is 19.1 Å². The van der Waals surface area contributed by atoms with Gasteiger partial charge in [0, 0.05) is 5.69 Å². The fourth-order valence-electron chi connectivity index (χ4n) is 2.47. The summed E-state index contributed by atoms with van der Waals surface area (Å²) in [5.41, 5.74) is 1.72. The van der Waals surface area contributed by atoms with Gasteiger partial charge in [0.15, 0.2) is 0 Å². The van der Waals surface area contributed by atoms with Crippen LogP contribution < -0.4 is 10.0 Å². The van der Waals surface area contributed by atoms with Crippen molar-refractivity contribution in [2.24, 2.45) is 0 Å². The normalized spacial score (nSPS) is 13.2. The Morgan fingerprint density at radius 3 is 2.07 bits per heavy atom. The van der Waals surface area contributed by atoms with Crippen LogP contribution >= 0.6 is 0 Å². The quantitative estimate of drug-likeness (QED) is 0.785. The summed E-state index contributed by atoms with van der Waals surface area (Å²) < 4.78 is 40.2. The molecule has 0 saturated carbocycles. The van der Waals surface area contributed by atoms with Gasteiger partial charge in [-0.05, 0) is 53.8 Å². The largest absolute Gasteiger partial charge is 0.325 e. The summed E-state index contributed by atoms with van der Waals surface area (Å²) in [5.74, 6) is -0.982. The summed E-state index contributed by atoms with van der Waals surface area (Å²) in [5, 5.41) is 2.73. The molecule has 0 aliphatic rings. The van der Waals surface area contributed by atoms with Crippen molar-refractivity contribution in [2.75, 3.05) is 5.32 Å². The molecule has 0 saturated heterocycles. The Labute approximate surface area is 160 Å². The van der Waals surface area contributed by atoms with Gasteiger partial charge in [-0.2, -0.15) is 4.72 Å². The summed E-state index contributed by atoms with van der Waals surface area (Å²) in [4.78, 5) is 12.4. The minimum atomic E-state index is -3.93. The highest BCUT2D eigenvalue weighted by molar-refractivity contribution is 7.89. The van der Waals surface area contributed by atoms with Crippen LogP contribution in [0.2, 0.25) is 0 Å². The molecular weight excluding hydrogens is 367 g/mol. The average Bonchev–Trinajstić information content (AvgIpc) is 2.59. The molecule has 1 amide bonds. The Hall–Kier alpha value is -2.25. The Morgan fingerprint density at radius 1 is 1.04 bits per heavy atom. The van der Waals surface area contributed by atoms with Gasteiger partial charge in [-0.25, -0.2) is 12.8 Å². The molecule has 5 nitrogen and oxygen atoms in total. The molecule has 2 rings (SSSR count). The van der Waals surface area contributed by atoms with E-state index in [1.165, 1.54) is 0 Å². The van der Waals surface area contributed by atoms with E-state index in [0.717, 1.165) is 29.8 Å². The zero-order valence-corrected chi connectivity index (χ0v) is 16.7. The van der Waals surface area contributed by atoms with E-state index in [0.29, 0.717) is 5.69 Å². The maximum absolute atomic E-state index is 13.0. The molecule has 0 spiro atoms. The van der Waals surface area contributed by atoms with Crippen molar-refractivity contribution in [3.8, 4) is 0 Å². The van der Waals surface area contributed by atoms with Crippen molar-refractivity contribution < 1.29 is 17.6 Å². The number of benzene rings is 2. The molecule has 0 aliphatic heterocycles. The Balaban J connectivity index is 2.10. The van der Waals surface area contributed by atoms with Gasteiger partial charge in [0.05, 0.1) is 4.90 Å². The minimum absolute atomic E-state index is 0.000710. The first-order chi connectivity index (χ1) is 12.5. The molecular formula is C20H25FN2O3S. The number of amides is 1. The first-order valence-electron chi connectivity index (χ1n) is 8.72. The van der Waals surface area contributed by atoms with Gasteiger partial charge < -0.3 is 5.32 Å². The van der Waals surface area contributed by atoms with E-state index in [9.17, 15) is 17.6 Å². The molecule has 0 aromatic heterocycles. The smallest absolute Gasteiger partial charge is 0.242 e. The summed E-state index contributed by atoms with van der Waals surface area (Å²) in [6.45, 7) is 7.99. The predicted molar refractivity (Wildman–Crippen MR) is 105 cm³/mol. The Kier molecular flexibility index (Phi) is 6.38. The highest BCUT2D eigenvalue weighted by Crippen LogP contribution is 2.23. The molecule has 0 fully saturated rings. The zero-order valence-electron chi connectivity index (χ0n) is 15.9. The van der Waals surface area contributed by atoms with Crippen molar-refractivity contribution >= 4 is 21.6 Å². The Morgan fingerprint density at radius 2 is 1.59 bits per heavy atom. The standard InChI is InChI=1S/C20H25FN2O3S/c1-5-18(23-27(25,26)17-12-8-15(21)9-13-17)19(24)22-16-10-6-14(7-11-16)20(2,3)4/h6-13,18,23H,5H2,1-4H3,(H,22,24). The molecule has 0 heterocycles. The van der Waals surface area contributed by atoms with Crippen LogP contribution in [0, 0.1) is 5.82 Å². The van der Waals surface area contributed by atoms with Crippen LogP contribution in [0.4, 0.5) is 10.1 Å². The lowest BCUT2D eigenvalue weighted by Gasteiger charge is -2.20. The van der Waals surface area contributed by atoms with Crippen molar-refractivity contribution in [1.82, 2.24) is 4.72 Å². The highest BCUT2D eigenvalue weighted by Gasteiger charge is 2.24. The van der Waals surface area contributed by atoms with Crippen molar-refractivity contribution in [2.45, 2.75) is 50.5 Å². The van der Waals surface area contributed by atoms with Crippen molar-refractivity contribution in [3.63, 3.8) is 0 Å². The van der Waals surface area contributed by atoms with Crippen molar-refractivity contribution in [3.05, 3.63) is 59.9 Å². The summed E-state index contributed by atoms with van der Waals surface area (Å²) in [6.07, 6.45) is 0.270. The van der Waals surface area contributed by atoms with Gasteiger partial charge in [0.1, 0.15) is 11.9 Å². The number of carbonyl (C=O) groups is 1. The molecule has 1 unspecified atom stereocenters. The summed E-state index contributed by atoms with van der Waals surface area (Å²) in [7, 11) is -3.93. The molecule has 146 valence electrons. The van der Waals surface area contributed by atoms with Gasteiger partial charge >= 0.3 is 0 Å². The summed E-state index contributed by atoms with van der Waals surface area (Å²) >= 11 is 0. The van der Waals surface area contributed by atoms with Crippen molar-refractivity contribution in [1.29, 1.82) is 0 Å². The van der Waals surface area contributed by atoms with Crippen LogP contribution in [-0.4, -0.2) is 20.4 Å². The summed E-state index contributed by atoms with van der Waals surface area (Å²) in [6, 6.07) is 10.9. The molecule has 0 radical (unpaired) electrons. The zero-order chi connectivity index (χ0) is 20.2. The van der Waals surface area contributed by atoms with Gasteiger partial charge in [0.25, 0.3) is 0 Å². The second kappa shape index (κ2) is 8.19. The van der Waals surface area contributed by atoms with Crippen LogP contribution in [0.5, 0.6) is 0 Å². The van der Waals surface area contributed by atoms with Gasteiger partial charge in [-0.1, -0.05) is 39.8 Å². The third kappa shape index (κ3) is 5.61. The number of nitrogens with one attached hydrogen (secondary N) is 2. The monoisotopic (exact) mass is 392 g/mol. The molecule has 1 atom stereocenters. The SMILES string of the molecule is CCC(NS(=O)(=O)c1ccc(F)cc1)C(=O)Nc1ccc(C(C)(C)C)cc1. The third-order valence-corrected chi connectivity index (χ3v) is 5.65. The topological polar surface area (TPSA) is 75.3 Å². The van der Waals surface area contributed by atoms with Gasteiger partial charge in [-0.15, -0.1) is 0 Å². The lowest BCUT2D eigenvalue weighted by Crippen LogP contribution is -2.43. The maximum Gasteiger partial charge on any atom is 0.242 e. The van der Waals surface area contributed by atoms with Crippen LogP contribution in [0.15, 0.2) is 53.4 Å². The molecule has 27 heavy (non-hydrogen) atoms. The predicted octanol–water partition coefficient (Wildman–Crippen LogP) is 3.82. The van der Waals surface area contributed by atoms with Gasteiger partial charge in [-0.3, -0.25) is 4.79 Å². The molecule has 0 aliphatic carbocycles. The molecule has 0 bridgehead atoms. The van der Waals surface area contributed by atoms with Crippen LogP contribution in [-0.2, 0) is 20.2 Å². The van der Waals surface area contributed by atoms with E-state index in [4.69, 9.17) is 0 Å². The Bertz CT molecular complexity index is 886. The van der Waals surface area contributed by atoms with E-state index in [2.05, 4.69) is 30.8 Å². The molecule has 2 aromatic carbocycles. The van der Waals surface area contributed by atoms with Crippen LogP contribution in [0.25, 0.3) is 0 Å². The number of rotatable bonds is 6. The fraction of sp³-hybridized carbons (Fsp3) is 0.350. The maximum atomic E-state index is 13.0.